The molecule has 1 heterocycles. The summed E-state index contributed by atoms with van der Waals surface area (Å²) in [4.78, 5) is 25.8. The highest BCUT2D eigenvalue weighted by atomic mass is 32.1. The first-order valence-electron chi connectivity index (χ1n) is 7.91. The lowest BCUT2D eigenvalue weighted by Crippen LogP contribution is -2.15. The Morgan fingerprint density at radius 3 is 2.42 bits per heavy atom. The van der Waals surface area contributed by atoms with Crippen molar-refractivity contribution in [2.75, 3.05) is 11.9 Å². The van der Waals surface area contributed by atoms with Gasteiger partial charge in [0.2, 0.25) is 0 Å². The topological polar surface area (TPSA) is 81.4 Å². The van der Waals surface area contributed by atoms with E-state index in [1.165, 1.54) is 11.3 Å². The molecule has 0 aliphatic carbocycles. The van der Waals surface area contributed by atoms with Crippen molar-refractivity contribution >= 4 is 28.2 Å². The van der Waals surface area contributed by atoms with Gasteiger partial charge in [-0.2, -0.15) is 0 Å². The maximum Gasteiger partial charge on any atom is 0.341 e. The molecule has 2 aromatic rings. The van der Waals surface area contributed by atoms with Crippen LogP contribution in [0, 0.1) is 6.92 Å². The van der Waals surface area contributed by atoms with E-state index in [4.69, 9.17) is 10.5 Å². The smallest absolute Gasteiger partial charge is 0.341 e. The molecular formula is C18H22N2O3S. The second-order valence-electron chi connectivity index (χ2n) is 5.27. The van der Waals surface area contributed by atoms with Gasteiger partial charge in [-0.25, -0.2) is 4.79 Å². The van der Waals surface area contributed by atoms with Crippen LogP contribution in [0.3, 0.4) is 0 Å². The lowest BCUT2D eigenvalue weighted by Gasteiger charge is -2.08. The van der Waals surface area contributed by atoms with E-state index in [9.17, 15) is 9.59 Å². The molecule has 0 spiro atoms. The van der Waals surface area contributed by atoms with Gasteiger partial charge in [-0.3, -0.25) is 4.79 Å². The van der Waals surface area contributed by atoms with Crippen LogP contribution in [-0.4, -0.2) is 18.5 Å². The zero-order valence-corrected chi connectivity index (χ0v) is 15.0. The summed E-state index contributed by atoms with van der Waals surface area (Å²) in [5, 5.41) is 3.38. The average Bonchev–Trinajstić information content (AvgIpc) is 2.90. The van der Waals surface area contributed by atoms with Crippen LogP contribution < -0.4 is 11.1 Å². The van der Waals surface area contributed by atoms with Gasteiger partial charge in [-0.1, -0.05) is 19.1 Å². The summed E-state index contributed by atoms with van der Waals surface area (Å²) in [5.41, 5.74) is 8.43. The number of esters is 1. The molecule has 128 valence electrons. The third kappa shape index (κ3) is 3.83. The number of nitrogens with two attached hydrogens (primary N) is 1. The van der Waals surface area contributed by atoms with Gasteiger partial charge >= 0.3 is 5.97 Å². The average molecular weight is 346 g/mol. The maximum atomic E-state index is 12.5. The minimum atomic E-state index is -0.396. The highest BCUT2D eigenvalue weighted by molar-refractivity contribution is 7.16. The second-order valence-corrected chi connectivity index (χ2v) is 6.49. The Labute approximate surface area is 145 Å². The van der Waals surface area contributed by atoms with E-state index in [1.54, 1.807) is 19.1 Å². The summed E-state index contributed by atoms with van der Waals surface area (Å²) in [5.74, 6) is -0.652. The summed E-state index contributed by atoms with van der Waals surface area (Å²) in [6.07, 6.45) is 0.706. The number of anilines is 1. The van der Waals surface area contributed by atoms with Gasteiger partial charge in [-0.05, 0) is 43.5 Å². The van der Waals surface area contributed by atoms with Crippen LogP contribution >= 0.6 is 11.3 Å². The van der Waals surface area contributed by atoms with Crippen molar-refractivity contribution in [2.24, 2.45) is 5.73 Å². The third-order valence-corrected chi connectivity index (χ3v) is 4.78. The Morgan fingerprint density at radius 1 is 1.21 bits per heavy atom. The van der Waals surface area contributed by atoms with Gasteiger partial charge in [0, 0.05) is 17.0 Å². The maximum absolute atomic E-state index is 12.5. The number of amides is 1. The fourth-order valence-corrected chi connectivity index (χ4v) is 3.61. The Bertz CT molecular complexity index is 735. The molecule has 5 nitrogen and oxygen atoms in total. The zero-order valence-electron chi connectivity index (χ0n) is 14.1. The predicted octanol–water partition coefficient (Wildman–Crippen LogP) is 3.51. The number of hydrogen-bond donors (Lipinski definition) is 2. The molecule has 0 saturated carbocycles. The van der Waals surface area contributed by atoms with E-state index in [0.29, 0.717) is 35.7 Å². The van der Waals surface area contributed by atoms with Gasteiger partial charge in [0.25, 0.3) is 5.91 Å². The number of carbonyl (C=O) groups is 2. The van der Waals surface area contributed by atoms with E-state index in [1.807, 2.05) is 26.0 Å². The Hall–Kier alpha value is -2.18. The van der Waals surface area contributed by atoms with Gasteiger partial charge < -0.3 is 15.8 Å². The lowest BCUT2D eigenvalue weighted by atomic mass is 10.1. The number of aryl methyl sites for hydroxylation is 1. The van der Waals surface area contributed by atoms with Gasteiger partial charge in [0.1, 0.15) is 5.00 Å². The van der Waals surface area contributed by atoms with E-state index in [2.05, 4.69) is 5.32 Å². The zero-order chi connectivity index (χ0) is 17.7. The first-order valence-corrected chi connectivity index (χ1v) is 8.73. The van der Waals surface area contributed by atoms with Gasteiger partial charge in [0.05, 0.1) is 12.2 Å². The van der Waals surface area contributed by atoms with Crippen molar-refractivity contribution in [2.45, 2.75) is 33.7 Å². The van der Waals surface area contributed by atoms with Crippen molar-refractivity contribution in [3.8, 4) is 0 Å². The number of benzene rings is 1. The molecule has 2 rings (SSSR count). The molecule has 0 fully saturated rings. The number of rotatable bonds is 6. The number of ether oxygens (including phenoxy) is 1. The summed E-state index contributed by atoms with van der Waals surface area (Å²) in [6, 6.07) is 7.09. The molecule has 1 amide bonds. The summed E-state index contributed by atoms with van der Waals surface area (Å²) in [7, 11) is 0. The van der Waals surface area contributed by atoms with Crippen LogP contribution in [0.25, 0.3) is 0 Å². The van der Waals surface area contributed by atoms with E-state index >= 15 is 0 Å². The van der Waals surface area contributed by atoms with E-state index < -0.39 is 5.97 Å². The van der Waals surface area contributed by atoms with Crippen molar-refractivity contribution in [3.05, 3.63) is 51.4 Å². The minimum absolute atomic E-state index is 0.256. The van der Waals surface area contributed by atoms with Gasteiger partial charge in [0.15, 0.2) is 0 Å². The van der Waals surface area contributed by atoms with E-state index in [-0.39, 0.29) is 5.91 Å². The molecule has 6 heteroatoms. The standard InChI is InChI=1S/C18H22N2O3S/c1-4-14-11(3)24-17(15(14)18(22)23-5-2)20-16(21)13-8-6-12(10-19)7-9-13/h6-9H,4-5,10,19H2,1-3H3,(H,20,21). The fraction of sp³-hybridized carbons (Fsp3) is 0.333. The first kappa shape index (κ1) is 18.2. The van der Waals surface area contributed by atoms with Crippen LogP contribution in [-0.2, 0) is 17.7 Å². The predicted molar refractivity (Wildman–Crippen MR) is 96.7 cm³/mol. The quantitative estimate of drug-likeness (QED) is 0.784. The normalized spacial score (nSPS) is 10.5. The van der Waals surface area contributed by atoms with Crippen LogP contribution in [0.15, 0.2) is 24.3 Å². The van der Waals surface area contributed by atoms with Crippen molar-refractivity contribution in [1.29, 1.82) is 0 Å². The molecule has 0 radical (unpaired) electrons. The minimum Gasteiger partial charge on any atom is -0.462 e. The Kier molecular flexibility index (Phi) is 6.11. The summed E-state index contributed by atoms with van der Waals surface area (Å²) < 4.78 is 5.14. The second kappa shape index (κ2) is 8.08. The summed E-state index contributed by atoms with van der Waals surface area (Å²) in [6.45, 7) is 6.41. The molecule has 3 N–H and O–H groups in total. The van der Waals surface area contributed by atoms with Gasteiger partial charge in [-0.15, -0.1) is 11.3 Å². The Morgan fingerprint density at radius 2 is 1.88 bits per heavy atom. The van der Waals surface area contributed by atoms with Crippen LogP contribution in [0.1, 0.15) is 50.6 Å². The largest absolute Gasteiger partial charge is 0.462 e. The number of nitrogens with one attached hydrogen (secondary N) is 1. The van der Waals surface area contributed by atoms with Crippen molar-refractivity contribution in [3.63, 3.8) is 0 Å². The molecule has 0 atom stereocenters. The molecule has 0 bridgehead atoms. The molecule has 1 aromatic heterocycles. The molecular weight excluding hydrogens is 324 g/mol. The highest BCUT2D eigenvalue weighted by Crippen LogP contribution is 2.34. The molecule has 0 aliphatic heterocycles. The monoisotopic (exact) mass is 346 g/mol. The van der Waals surface area contributed by atoms with Crippen LogP contribution in [0.4, 0.5) is 5.00 Å². The summed E-state index contributed by atoms with van der Waals surface area (Å²) >= 11 is 1.40. The molecule has 0 unspecified atom stereocenters. The first-order chi connectivity index (χ1) is 11.5. The van der Waals surface area contributed by atoms with Crippen molar-refractivity contribution in [1.82, 2.24) is 0 Å². The van der Waals surface area contributed by atoms with Crippen molar-refractivity contribution < 1.29 is 14.3 Å². The van der Waals surface area contributed by atoms with E-state index in [0.717, 1.165) is 16.0 Å². The van der Waals surface area contributed by atoms with Crippen LogP contribution in [0.2, 0.25) is 0 Å². The number of carbonyl (C=O) groups excluding carboxylic acids is 2. The lowest BCUT2D eigenvalue weighted by molar-refractivity contribution is 0.0527. The fourth-order valence-electron chi connectivity index (χ4n) is 2.48. The SMILES string of the molecule is CCOC(=O)c1c(NC(=O)c2ccc(CN)cc2)sc(C)c1CC. The number of hydrogen-bond acceptors (Lipinski definition) is 5. The molecule has 1 aromatic carbocycles. The molecule has 0 aliphatic rings. The Balaban J connectivity index is 2.30. The number of thiophene rings is 1. The van der Waals surface area contributed by atoms with Crippen LogP contribution in [0.5, 0.6) is 0 Å². The third-order valence-electron chi connectivity index (χ3n) is 3.72. The molecule has 0 saturated heterocycles. The molecule has 24 heavy (non-hydrogen) atoms. The highest BCUT2D eigenvalue weighted by Gasteiger charge is 2.23.